The Morgan fingerprint density at radius 2 is 2.20 bits per heavy atom. The van der Waals surface area contributed by atoms with Gasteiger partial charge in [0.15, 0.2) is 0 Å². The highest BCUT2D eigenvalue weighted by molar-refractivity contribution is 6.17. The second-order valence-electron chi connectivity index (χ2n) is 3.37. The van der Waals surface area contributed by atoms with Gasteiger partial charge in [-0.3, -0.25) is 0 Å². The summed E-state index contributed by atoms with van der Waals surface area (Å²) in [6.45, 7) is 0. The van der Waals surface area contributed by atoms with Gasteiger partial charge in [-0.15, -0.1) is 11.6 Å². The first-order chi connectivity index (χ1) is 4.90. The summed E-state index contributed by atoms with van der Waals surface area (Å²) in [5.74, 6) is 1.68. The van der Waals surface area contributed by atoms with Crippen LogP contribution in [0.5, 0.6) is 0 Å². The third-order valence-corrected chi connectivity index (χ3v) is 2.85. The molecule has 1 aliphatic carbocycles. The molecule has 10 heavy (non-hydrogen) atoms. The molecule has 0 aromatic rings. The zero-order valence-electron chi connectivity index (χ0n) is 6.05. The van der Waals surface area contributed by atoms with Crippen LogP contribution in [0, 0.1) is 5.92 Å². The summed E-state index contributed by atoms with van der Waals surface area (Å²) in [6.07, 6.45) is 6.36. The van der Waals surface area contributed by atoms with Gasteiger partial charge in [0, 0.05) is 5.88 Å². The van der Waals surface area contributed by atoms with E-state index < -0.39 is 0 Å². The Hall–Kier alpha value is 0.250. The van der Waals surface area contributed by atoms with Gasteiger partial charge in [0.2, 0.25) is 0 Å². The molecule has 0 amide bonds. The summed E-state index contributed by atoms with van der Waals surface area (Å²) in [4.78, 5) is 0. The number of ether oxygens (including phenoxy) is 1. The fourth-order valence-electron chi connectivity index (χ4n) is 1.90. The van der Waals surface area contributed by atoms with Gasteiger partial charge in [0.05, 0.1) is 12.2 Å². The largest absolute Gasteiger partial charge is 0.370 e. The highest BCUT2D eigenvalue weighted by Gasteiger charge is 2.43. The van der Waals surface area contributed by atoms with E-state index in [1.807, 2.05) is 0 Å². The Morgan fingerprint density at radius 3 is 2.90 bits per heavy atom. The SMILES string of the molecule is ClCCC1CCC2OC2C1. The first kappa shape index (κ1) is 6.93. The third kappa shape index (κ3) is 1.30. The summed E-state index contributed by atoms with van der Waals surface area (Å²) in [6, 6.07) is 0. The maximum atomic E-state index is 5.66. The van der Waals surface area contributed by atoms with Crippen molar-refractivity contribution in [2.45, 2.75) is 37.9 Å². The minimum Gasteiger partial charge on any atom is -0.370 e. The summed E-state index contributed by atoms with van der Waals surface area (Å²) in [5, 5.41) is 0. The Morgan fingerprint density at radius 1 is 1.30 bits per heavy atom. The van der Waals surface area contributed by atoms with Crippen LogP contribution in [-0.2, 0) is 4.74 Å². The molecule has 2 aliphatic rings. The number of halogens is 1. The van der Waals surface area contributed by atoms with Crippen molar-refractivity contribution in [3.05, 3.63) is 0 Å². The zero-order valence-corrected chi connectivity index (χ0v) is 6.81. The van der Waals surface area contributed by atoms with Crippen LogP contribution in [0.4, 0.5) is 0 Å². The van der Waals surface area contributed by atoms with E-state index in [1.165, 1.54) is 25.7 Å². The van der Waals surface area contributed by atoms with E-state index in [0.29, 0.717) is 12.2 Å². The predicted octanol–water partition coefficient (Wildman–Crippen LogP) is 2.18. The highest BCUT2D eigenvalue weighted by Crippen LogP contribution is 2.40. The van der Waals surface area contributed by atoms with Crippen molar-refractivity contribution in [3.8, 4) is 0 Å². The monoisotopic (exact) mass is 160 g/mol. The van der Waals surface area contributed by atoms with Gasteiger partial charge >= 0.3 is 0 Å². The summed E-state index contributed by atoms with van der Waals surface area (Å²) < 4.78 is 5.41. The standard InChI is InChI=1S/C8H13ClO/c9-4-3-6-1-2-7-8(5-6)10-7/h6-8H,1-5H2. The molecule has 0 bridgehead atoms. The Balaban J connectivity index is 1.77. The molecule has 3 atom stereocenters. The van der Waals surface area contributed by atoms with Crippen molar-refractivity contribution in [3.63, 3.8) is 0 Å². The minimum atomic E-state index is 0.627. The molecule has 2 heteroatoms. The predicted molar refractivity (Wildman–Crippen MR) is 41.3 cm³/mol. The molecule has 0 aromatic carbocycles. The lowest BCUT2D eigenvalue weighted by atomic mass is 9.88. The Labute approximate surface area is 66.7 Å². The topological polar surface area (TPSA) is 12.5 Å². The lowest BCUT2D eigenvalue weighted by Crippen LogP contribution is -2.13. The van der Waals surface area contributed by atoms with Gasteiger partial charge in [-0.1, -0.05) is 0 Å². The van der Waals surface area contributed by atoms with Crippen LogP contribution < -0.4 is 0 Å². The first-order valence-corrected chi connectivity index (χ1v) is 4.65. The van der Waals surface area contributed by atoms with Crippen molar-refractivity contribution < 1.29 is 4.74 Å². The number of fused-ring (bicyclic) bond motifs is 1. The molecule has 0 aromatic heterocycles. The molecule has 0 N–H and O–H groups in total. The van der Waals surface area contributed by atoms with Gasteiger partial charge in [0.25, 0.3) is 0 Å². The average Bonchev–Trinajstić information content (AvgIpc) is 2.66. The lowest BCUT2D eigenvalue weighted by molar-refractivity contribution is 0.358. The molecule has 1 nitrogen and oxygen atoms in total. The molecule has 1 saturated carbocycles. The maximum absolute atomic E-state index is 5.66. The van der Waals surface area contributed by atoms with E-state index in [-0.39, 0.29) is 0 Å². The van der Waals surface area contributed by atoms with Crippen LogP contribution in [0.2, 0.25) is 0 Å². The van der Waals surface area contributed by atoms with Gasteiger partial charge < -0.3 is 4.74 Å². The van der Waals surface area contributed by atoms with Gasteiger partial charge in [-0.05, 0) is 31.6 Å². The van der Waals surface area contributed by atoms with Crippen molar-refractivity contribution in [1.29, 1.82) is 0 Å². The molecular formula is C8H13ClO. The second kappa shape index (κ2) is 2.71. The molecule has 0 radical (unpaired) electrons. The van der Waals surface area contributed by atoms with E-state index in [9.17, 15) is 0 Å². The lowest BCUT2D eigenvalue weighted by Gasteiger charge is -2.16. The molecule has 2 fully saturated rings. The molecule has 2 rings (SSSR count). The van der Waals surface area contributed by atoms with Crippen LogP contribution in [-0.4, -0.2) is 18.1 Å². The van der Waals surface area contributed by atoms with E-state index >= 15 is 0 Å². The van der Waals surface area contributed by atoms with E-state index in [2.05, 4.69) is 0 Å². The van der Waals surface area contributed by atoms with Gasteiger partial charge in [-0.2, -0.15) is 0 Å². The van der Waals surface area contributed by atoms with Crippen LogP contribution >= 0.6 is 11.6 Å². The van der Waals surface area contributed by atoms with Crippen molar-refractivity contribution in [2.75, 3.05) is 5.88 Å². The number of epoxide rings is 1. The normalized spacial score (nSPS) is 44.7. The van der Waals surface area contributed by atoms with E-state index in [1.54, 1.807) is 0 Å². The zero-order chi connectivity index (χ0) is 6.97. The molecule has 1 heterocycles. The number of rotatable bonds is 2. The smallest absolute Gasteiger partial charge is 0.0844 e. The van der Waals surface area contributed by atoms with Crippen LogP contribution in [0.15, 0.2) is 0 Å². The van der Waals surface area contributed by atoms with Gasteiger partial charge in [0.1, 0.15) is 0 Å². The van der Waals surface area contributed by atoms with Gasteiger partial charge in [-0.25, -0.2) is 0 Å². The summed E-state index contributed by atoms with van der Waals surface area (Å²) in [5.41, 5.74) is 0. The van der Waals surface area contributed by atoms with Crippen LogP contribution in [0.3, 0.4) is 0 Å². The number of hydrogen-bond donors (Lipinski definition) is 0. The number of alkyl halides is 1. The van der Waals surface area contributed by atoms with Crippen LogP contribution in [0.25, 0.3) is 0 Å². The highest BCUT2D eigenvalue weighted by atomic mass is 35.5. The summed E-state index contributed by atoms with van der Waals surface area (Å²) in [7, 11) is 0. The van der Waals surface area contributed by atoms with E-state index in [0.717, 1.165) is 11.8 Å². The quantitative estimate of drug-likeness (QED) is 0.446. The Kier molecular flexibility index (Phi) is 1.88. The van der Waals surface area contributed by atoms with E-state index in [4.69, 9.17) is 16.3 Å². The molecule has 58 valence electrons. The minimum absolute atomic E-state index is 0.627. The molecule has 3 unspecified atom stereocenters. The summed E-state index contributed by atoms with van der Waals surface area (Å²) >= 11 is 5.66. The number of hydrogen-bond acceptors (Lipinski definition) is 1. The molecular weight excluding hydrogens is 148 g/mol. The van der Waals surface area contributed by atoms with Crippen molar-refractivity contribution in [1.82, 2.24) is 0 Å². The fraction of sp³-hybridized carbons (Fsp3) is 1.00. The second-order valence-corrected chi connectivity index (χ2v) is 3.75. The van der Waals surface area contributed by atoms with Crippen LogP contribution in [0.1, 0.15) is 25.7 Å². The molecule has 1 saturated heterocycles. The maximum Gasteiger partial charge on any atom is 0.0844 e. The fourth-order valence-corrected chi connectivity index (χ4v) is 2.21. The average molecular weight is 161 g/mol. The Bertz CT molecular complexity index is 126. The third-order valence-electron chi connectivity index (χ3n) is 2.63. The molecule has 0 spiro atoms. The molecule has 1 aliphatic heterocycles. The first-order valence-electron chi connectivity index (χ1n) is 4.11. The van der Waals surface area contributed by atoms with Crippen molar-refractivity contribution >= 4 is 11.6 Å². The van der Waals surface area contributed by atoms with Crippen molar-refractivity contribution in [2.24, 2.45) is 5.92 Å².